The Morgan fingerprint density at radius 1 is 1.26 bits per heavy atom. The molecular weight excluding hydrogens is 246 g/mol. The minimum Gasteiger partial charge on any atom is -0.496 e. The summed E-state index contributed by atoms with van der Waals surface area (Å²) in [4.78, 5) is 25.1. The summed E-state index contributed by atoms with van der Waals surface area (Å²) in [6.07, 6.45) is 2.89. The van der Waals surface area contributed by atoms with Crippen molar-refractivity contribution in [3.8, 4) is 5.75 Å². The highest BCUT2D eigenvalue weighted by Gasteiger charge is 2.24. The SMILES string of the molecule is COc1cc2[nH]c(=O)oc2cc1C1CCC(=O)CC1. The van der Waals surface area contributed by atoms with E-state index >= 15 is 0 Å². The topological polar surface area (TPSA) is 72.3 Å². The second-order valence-corrected chi connectivity index (χ2v) is 4.92. The number of aromatic amines is 1. The number of aromatic nitrogens is 1. The molecule has 1 aliphatic carbocycles. The molecule has 0 unspecified atom stereocenters. The molecular formula is C14H15NO4. The summed E-state index contributed by atoms with van der Waals surface area (Å²) in [6, 6.07) is 3.64. The van der Waals surface area contributed by atoms with Crippen molar-refractivity contribution in [3.63, 3.8) is 0 Å². The third kappa shape index (κ3) is 2.16. The first-order valence-electron chi connectivity index (χ1n) is 6.40. The number of ketones is 1. The Balaban J connectivity index is 2.05. The van der Waals surface area contributed by atoms with Crippen molar-refractivity contribution >= 4 is 16.9 Å². The van der Waals surface area contributed by atoms with Gasteiger partial charge in [-0.05, 0) is 24.8 Å². The van der Waals surface area contributed by atoms with Gasteiger partial charge in [0, 0.05) is 24.5 Å². The molecule has 1 aromatic heterocycles. The molecule has 5 heteroatoms. The molecule has 3 rings (SSSR count). The van der Waals surface area contributed by atoms with Gasteiger partial charge in [0.05, 0.1) is 12.6 Å². The lowest BCUT2D eigenvalue weighted by Crippen LogP contribution is -2.13. The number of benzene rings is 1. The quantitative estimate of drug-likeness (QED) is 0.900. The molecule has 1 N–H and O–H groups in total. The van der Waals surface area contributed by atoms with Crippen LogP contribution in [0.5, 0.6) is 5.75 Å². The van der Waals surface area contributed by atoms with Crippen molar-refractivity contribution in [2.45, 2.75) is 31.6 Å². The Kier molecular flexibility index (Phi) is 2.89. The van der Waals surface area contributed by atoms with Crippen molar-refractivity contribution in [2.24, 2.45) is 0 Å². The van der Waals surface area contributed by atoms with E-state index < -0.39 is 5.76 Å². The summed E-state index contributed by atoms with van der Waals surface area (Å²) >= 11 is 0. The van der Waals surface area contributed by atoms with E-state index in [9.17, 15) is 9.59 Å². The lowest BCUT2D eigenvalue weighted by atomic mass is 9.83. The lowest BCUT2D eigenvalue weighted by Gasteiger charge is -2.23. The second kappa shape index (κ2) is 4.57. The Bertz CT molecular complexity index is 672. The summed E-state index contributed by atoms with van der Waals surface area (Å²) in [5.41, 5.74) is 2.19. The van der Waals surface area contributed by atoms with E-state index in [2.05, 4.69) is 4.98 Å². The molecule has 0 spiro atoms. The van der Waals surface area contributed by atoms with Crippen molar-refractivity contribution in [1.82, 2.24) is 4.98 Å². The average Bonchev–Trinajstić information content (AvgIpc) is 2.77. The third-order valence-corrected chi connectivity index (χ3v) is 3.75. The van der Waals surface area contributed by atoms with Crippen LogP contribution in [0.15, 0.2) is 21.3 Å². The van der Waals surface area contributed by atoms with Gasteiger partial charge in [-0.1, -0.05) is 0 Å². The molecule has 1 saturated carbocycles. The van der Waals surface area contributed by atoms with Gasteiger partial charge >= 0.3 is 5.76 Å². The maximum absolute atomic E-state index is 11.3. The zero-order valence-electron chi connectivity index (χ0n) is 10.7. The van der Waals surface area contributed by atoms with Crippen molar-refractivity contribution < 1.29 is 13.9 Å². The second-order valence-electron chi connectivity index (χ2n) is 4.92. The van der Waals surface area contributed by atoms with Crippen LogP contribution in [0.3, 0.4) is 0 Å². The van der Waals surface area contributed by atoms with Gasteiger partial charge in [-0.2, -0.15) is 0 Å². The number of hydrogen-bond acceptors (Lipinski definition) is 4. The van der Waals surface area contributed by atoms with Crippen LogP contribution < -0.4 is 10.5 Å². The number of fused-ring (bicyclic) bond motifs is 1. The largest absolute Gasteiger partial charge is 0.496 e. The van der Waals surface area contributed by atoms with E-state index in [-0.39, 0.29) is 5.92 Å². The summed E-state index contributed by atoms with van der Waals surface area (Å²) in [7, 11) is 1.61. The fraction of sp³-hybridized carbons (Fsp3) is 0.429. The Morgan fingerprint density at radius 3 is 2.68 bits per heavy atom. The highest BCUT2D eigenvalue weighted by atomic mass is 16.5. The highest BCUT2D eigenvalue weighted by molar-refractivity contribution is 5.80. The predicted octanol–water partition coefficient (Wildman–Crippen LogP) is 2.36. The van der Waals surface area contributed by atoms with Crippen LogP contribution >= 0.6 is 0 Å². The van der Waals surface area contributed by atoms with Gasteiger partial charge in [0.1, 0.15) is 11.5 Å². The summed E-state index contributed by atoms with van der Waals surface area (Å²) < 4.78 is 10.5. The number of oxazole rings is 1. The Labute approximate surface area is 109 Å². The van der Waals surface area contributed by atoms with E-state index in [1.807, 2.05) is 6.07 Å². The van der Waals surface area contributed by atoms with E-state index in [1.54, 1.807) is 13.2 Å². The number of ether oxygens (including phenoxy) is 1. The van der Waals surface area contributed by atoms with Crippen molar-refractivity contribution in [2.75, 3.05) is 7.11 Å². The average molecular weight is 261 g/mol. The van der Waals surface area contributed by atoms with Crippen LogP contribution in [0.1, 0.15) is 37.2 Å². The van der Waals surface area contributed by atoms with Gasteiger partial charge in [0.25, 0.3) is 0 Å². The molecule has 0 aliphatic heterocycles. The zero-order chi connectivity index (χ0) is 13.4. The first-order valence-corrected chi connectivity index (χ1v) is 6.40. The van der Waals surface area contributed by atoms with Gasteiger partial charge in [-0.25, -0.2) is 4.79 Å². The molecule has 0 saturated heterocycles. The maximum atomic E-state index is 11.3. The molecule has 0 radical (unpaired) electrons. The number of Topliss-reactive ketones (excluding diaryl/α,β-unsaturated/α-hetero) is 1. The highest BCUT2D eigenvalue weighted by Crippen LogP contribution is 2.38. The number of hydrogen-bond donors (Lipinski definition) is 1. The first kappa shape index (κ1) is 12.0. The lowest BCUT2D eigenvalue weighted by molar-refractivity contribution is -0.120. The fourth-order valence-corrected chi connectivity index (χ4v) is 2.74. The molecule has 19 heavy (non-hydrogen) atoms. The number of methoxy groups -OCH3 is 1. The number of nitrogens with one attached hydrogen (secondary N) is 1. The van der Waals surface area contributed by atoms with Gasteiger partial charge in [0.2, 0.25) is 0 Å². The molecule has 1 aliphatic rings. The monoisotopic (exact) mass is 261 g/mol. The van der Waals surface area contributed by atoms with E-state index in [0.717, 1.165) is 24.2 Å². The molecule has 0 bridgehead atoms. The van der Waals surface area contributed by atoms with Crippen LogP contribution in [0.2, 0.25) is 0 Å². The Hall–Kier alpha value is -2.04. The smallest absolute Gasteiger partial charge is 0.417 e. The summed E-state index contributed by atoms with van der Waals surface area (Å²) in [5.74, 6) is 0.888. The minimum atomic E-state index is -0.465. The minimum absolute atomic E-state index is 0.289. The molecule has 100 valence electrons. The van der Waals surface area contributed by atoms with E-state index in [4.69, 9.17) is 9.15 Å². The number of H-pyrrole nitrogens is 1. The molecule has 5 nitrogen and oxygen atoms in total. The van der Waals surface area contributed by atoms with Crippen LogP contribution in [0.25, 0.3) is 11.1 Å². The van der Waals surface area contributed by atoms with E-state index in [1.165, 1.54) is 0 Å². The van der Waals surface area contributed by atoms with Gasteiger partial charge in [0.15, 0.2) is 5.58 Å². The summed E-state index contributed by atoms with van der Waals surface area (Å²) in [6.45, 7) is 0. The number of carbonyl (C=O) groups excluding carboxylic acids is 1. The van der Waals surface area contributed by atoms with Crippen LogP contribution in [-0.4, -0.2) is 17.9 Å². The predicted molar refractivity (Wildman–Crippen MR) is 69.6 cm³/mol. The zero-order valence-corrected chi connectivity index (χ0v) is 10.7. The van der Waals surface area contributed by atoms with Crippen LogP contribution in [-0.2, 0) is 4.79 Å². The number of carbonyl (C=O) groups is 1. The molecule has 1 heterocycles. The standard InChI is InChI=1S/C14H15NO4/c1-18-12-7-11-13(19-14(17)15-11)6-10(12)8-2-4-9(16)5-3-8/h6-8H,2-5H2,1H3,(H,15,17). The molecule has 0 amide bonds. The molecule has 1 aromatic carbocycles. The van der Waals surface area contributed by atoms with Gasteiger partial charge in [-0.3, -0.25) is 9.78 Å². The van der Waals surface area contributed by atoms with Crippen molar-refractivity contribution in [1.29, 1.82) is 0 Å². The maximum Gasteiger partial charge on any atom is 0.417 e. The number of rotatable bonds is 2. The Morgan fingerprint density at radius 2 is 2.00 bits per heavy atom. The van der Waals surface area contributed by atoms with Crippen molar-refractivity contribution in [3.05, 3.63) is 28.2 Å². The fourth-order valence-electron chi connectivity index (χ4n) is 2.74. The van der Waals surface area contributed by atoms with Gasteiger partial charge < -0.3 is 9.15 Å². The van der Waals surface area contributed by atoms with E-state index in [0.29, 0.717) is 29.7 Å². The molecule has 1 fully saturated rings. The molecule has 0 atom stereocenters. The van der Waals surface area contributed by atoms with Gasteiger partial charge in [-0.15, -0.1) is 0 Å². The third-order valence-electron chi connectivity index (χ3n) is 3.75. The normalized spacial score (nSPS) is 17.0. The van der Waals surface area contributed by atoms with Crippen LogP contribution in [0.4, 0.5) is 0 Å². The summed E-state index contributed by atoms with van der Waals surface area (Å²) in [5, 5.41) is 0. The van der Waals surface area contributed by atoms with Crippen LogP contribution in [0, 0.1) is 0 Å². The first-order chi connectivity index (χ1) is 9.17. The molecule has 2 aromatic rings.